The molecule has 4 heteroatoms. The van der Waals surface area contributed by atoms with Gasteiger partial charge in [0.2, 0.25) is 11.8 Å². The summed E-state index contributed by atoms with van der Waals surface area (Å²) in [5.41, 5.74) is 2.11. The molecule has 110 valence electrons. The monoisotopic (exact) mass is 276 g/mol. The molecule has 0 fully saturated rings. The van der Waals surface area contributed by atoms with Crippen molar-refractivity contribution in [1.29, 1.82) is 0 Å². The molecular formula is C16H24N2O2. The van der Waals surface area contributed by atoms with Crippen LogP contribution in [-0.4, -0.2) is 35.8 Å². The zero-order valence-corrected chi connectivity index (χ0v) is 12.8. The van der Waals surface area contributed by atoms with Gasteiger partial charge in [-0.3, -0.25) is 9.59 Å². The summed E-state index contributed by atoms with van der Waals surface area (Å²) in [6.07, 6.45) is 0.343. The first kappa shape index (κ1) is 16.2. The van der Waals surface area contributed by atoms with Crippen LogP contribution in [0.15, 0.2) is 24.3 Å². The fraction of sp³-hybridized carbons (Fsp3) is 0.500. The second-order valence-electron chi connectivity index (χ2n) is 5.23. The van der Waals surface area contributed by atoms with E-state index in [2.05, 4.69) is 5.32 Å². The first-order chi connectivity index (χ1) is 9.43. The molecule has 0 spiro atoms. The van der Waals surface area contributed by atoms with Crippen molar-refractivity contribution in [3.05, 3.63) is 35.4 Å². The average Bonchev–Trinajstić information content (AvgIpc) is 2.37. The largest absolute Gasteiger partial charge is 0.352 e. The molecule has 0 radical (unpaired) electrons. The summed E-state index contributed by atoms with van der Waals surface area (Å²) < 4.78 is 0. The lowest BCUT2D eigenvalue weighted by atomic mass is 10.1. The molecular weight excluding hydrogens is 252 g/mol. The van der Waals surface area contributed by atoms with Gasteiger partial charge in [-0.1, -0.05) is 24.3 Å². The Hall–Kier alpha value is -1.84. The van der Waals surface area contributed by atoms with E-state index in [1.165, 1.54) is 0 Å². The highest BCUT2D eigenvalue weighted by Gasteiger charge is 2.16. The van der Waals surface area contributed by atoms with Crippen LogP contribution in [0.1, 0.15) is 31.9 Å². The lowest BCUT2D eigenvalue weighted by Gasteiger charge is -2.21. The number of carbonyl (C=O) groups excluding carboxylic acids is 2. The van der Waals surface area contributed by atoms with Crippen LogP contribution in [0.2, 0.25) is 0 Å². The zero-order valence-electron chi connectivity index (χ0n) is 12.8. The van der Waals surface area contributed by atoms with Crippen LogP contribution in [0.5, 0.6) is 0 Å². The molecule has 0 unspecified atom stereocenters. The second-order valence-corrected chi connectivity index (χ2v) is 5.23. The number of nitrogens with one attached hydrogen (secondary N) is 1. The van der Waals surface area contributed by atoms with E-state index in [0.29, 0.717) is 13.0 Å². The number of aryl methyl sites for hydroxylation is 1. The number of nitrogens with zero attached hydrogens (tertiary/aromatic N) is 1. The molecule has 4 nitrogen and oxygen atoms in total. The first-order valence-electron chi connectivity index (χ1n) is 7.05. The molecule has 1 rings (SSSR count). The highest BCUT2D eigenvalue weighted by molar-refractivity contribution is 5.86. The number of benzene rings is 1. The normalized spacial score (nSPS) is 10.4. The molecule has 1 N–H and O–H groups in total. The van der Waals surface area contributed by atoms with Crippen molar-refractivity contribution >= 4 is 11.8 Å². The van der Waals surface area contributed by atoms with Gasteiger partial charge in [-0.05, 0) is 38.8 Å². The quantitative estimate of drug-likeness (QED) is 0.863. The molecule has 0 atom stereocenters. The molecule has 20 heavy (non-hydrogen) atoms. The number of carbonyl (C=O) groups is 2. The van der Waals surface area contributed by atoms with Gasteiger partial charge >= 0.3 is 0 Å². The third-order valence-electron chi connectivity index (χ3n) is 3.12. The Morgan fingerprint density at radius 3 is 2.45 bits per heavy atom. The van der Waals surface area contributed by atoms with Crippen molar-refractivity contribution < 1.29 is 9.59 Å². The first-order valence-corrected chi connectivity index (χ1v) is 7.05. The molecule has 0 aliphatic carbocycles. The van der Waals surface area contributed by atoms with E-state index >= 15 is 0 Å². The van der Waals surface area contributed by atoms with Crippen LogP contribution >= 0.6 is 0 Å². The Labute approximate surface area is 121 Å². The van der Waals surface area contributed by atoms with Gasteiger partial charge in [0.1, 0.15) is 0 Å². The Balaban J connectivity index is 2.64. The standard InChI is InChI=1S/C16H24N2O2/c1-5-18(11-15(19)17-12(2)3)16(20)10-14-9-7-6-8-13(14)4/h6-9,12H,5,10-11H2,1-4H3,(H,17,19). The van der Waals surface area contributed by atoms with Crippen LogP contribution in [0.25, 0.3) is 0 Å². The van der Waals surface area contributed by atoms with Crippen LogP contribution in [0, 0.1) is 6.92 Å². The number of amides is 2. The van der Waals surface area contributed by atoms with Gasteiger partial charge in [0.05, 0.1) is 13.0 Å². The molecule has 0 aromatic heterocycles. The second kappa shape index (κ2) is 7.68. The third-order valence-corrected chi connectivity index (χ3v) is 3.12. The third kappa shape index (κ3) is 5.03. The summed E-state index contributed by atoms with van der Waals surface area (Å²) in [5.74, 6) is -0.124. The van der Waals surface area contributed by atoms with Gasteiger partial charge < -0.3 is 10.2 Å². The maximum atomic E-state index is 12.3. The van der Waals surface area contributed by atoms with Crippen molar-refractivity contribution in [3.8, 4) is 0 Å². The number of rotatable bonds is 6. The molecule has 0 aliphatic rings. The molecule has 0 saturated heterocycles. The summed E-state index contributed by atoms with van der Waals surface area (Å²) in [6.45, 7) is 8.35. The van der Waals surface area contributed by atoms with E-state index in [4.69, 9.17) is 0 Å². The number of hydrogen-bond donors (Lipinski definition) is 1. The van der Waals surface area contributed by atoms with Crippen LogP contribution in [0.4, 0.5) is 0 Å². The van der Waals surface area contributed by atoms with Gasteiger partial charge in [0, 0.05) is 12.6 Å². The summed E-state index contributed by atoms with van der Waals surface area (Å²) in [5, 5.41) is 2.80. The predicted molar refractivity (Wildman–Crippen MR) is 80.4 cm³/mol. The lowest BCUT2D eigenvalue weighted by Crippen LogP contribution is -2.43. The Kier molecular flexibility index (Phi) is 6.22. The van der Waals surface area contributed by atoms with E-state index in [1.807, 2.05) is 52.0 Å². The summed E-state index contributed by atoms with van der Waals surface area (Å²) in [4.78, 5) is 25.6. The van der Waals surface area contributed by atoms with E-state index in [9.17, 15) is 9.59 Å². The molecule has 0 aliphatic heterocycles. The molecule has 1 aromatic rings. The van der Waals surface area contributed by atoms with Crippen molar-refractivity contribution in [1.82, 2.24) is 10.2 Å². The van der Waals surface area contributed by atoms with Crippen LogP contribution < -0.4 is 5.32 Å². The smallest absolute Gasteiger partial charge is 0.239 e. The van der Waals surface area contributed by atoms with E-state index in [0.717, 1.165) is 11.1 Å². The van der Waals surface area contributed by atoms with Gasteiger partial charge in [0.15, 0.2) is 0 Å². The van der Waals surface area contributed by atoms with Crippen molar-refractivity contribution in [2.45, 2.75) is 40.2 Å². The highest BCUT2D eigenvalue weighted by atomic mass is 16.2. The summed E-state index contributed by atoms with van der Waals surface area (Å²) in [7, 11) is 0. The molecule has 0 bridgehead atoms. The molecule has 0 saturated carbocycles. The SMILES string of the molecule is CCN(CC(=O)NC(C)C)C(=O)Cc1ccccc1C. The van der Waals surface area contributed by atoms with Crippen LogP contribution in [0.3, 0.4) is 0 Å². The predicted octanol–water partition coefficient (Wildman–Crippen LogP) is 1.91. The molecule has 0 heterocycles. The summed E-state index contributed by atoms with van der Waals surface area (Å²) >= 11 is 0. The van der Waals surface area contributed by atoms with Gasteiger partial charge in [-0.25, -0.2) is 0 Å². The fourth-order valence-electron chi connectivity index (χ4n) is 2.00. The summed E-state index contributed by atoms with van der Waals surface area (Å²) in [6, 6.07) is 7.92. The topological polar surface area (TPSA) is 49.4 Å². The minimum atomic E-state index is -0.111. The maximum absolute atomic E-state index is 12.3. The fourth-order valence-corrected chi connectivity index (χ4v) is 2.00. The van der Waals surface area contributed by atoms with E-state index < -0.39 is 0 Å². The Morgan fingerprint density at radius 2 is 1.90 bits per heavy atom. The van der Waals surface area contributed by atoms with Crippen molar-refractivity contribution in [2.75, 3.05) is 13.1 Å². The van der Waals surface area contributed by atoms with Crippen LogP contribution in [-0.2, 0) is 16.0 Å². The van der Waals surface area contributed by atoms with E-state index in [1.54, 1.807) is 4.90 Å². The molecule has 1 aromatic carbocycles. The van der Waals surface area contributed by atoms with Gasteiger partial charge in [-0.15, -0.1) is 0 Å². The average molecular weight is 276 g/mol. The van der Waals surface area contributed by atoms with Gasteiger partial charge in [-0.2, -0.15) is 0 Å². The Bertz CT molecular complexity index is 469. The molecule has 2 amide bonds. The van der Waals surface area contributed by atoms with Crippen molar-refractivity contribution in [2.24, 2.45) is 0 Å². The lowest BCUT2D eigenvalue weighted by molar-refractivity contribution is -0.135. The number of hydrogen-bond acceptors (Lipinski definition) is 2. The minimum Gasteiger partial charge on any atom is -0.352 e. The van der Waals surface area contributed by atoms with E-state index in [-0.39, 0.29) is 24.4 Å². The van der Waals surface area contributed by atoms with Gasteiger partial charge in [0.25, 0.3) is 0 Å². The van der Waals surface area contributed by atoms with Crippen molar-refractivity contribution in [3.63, 3.8) is 0 Å². The Morgan fingerprint density at radius 1 is 1.25 bits per heavy atom. The number of likely N-dealkylation sites (N-methyl/N-ethyl adjacent to an activating group) is 1. The highest BCUT2D eigenvalue weighted by Crippen LogP contribution is 2.09. The minimum absolute atomic E-state index is 0.0132. The zero-order chi connectivity index (χ0) is 15.1. The maximum Gasteiger partial charge on any atom is 0.239 e.